The van der Waals surface area contributed by atoms with Crippen LogP contribution < -0.4 is 10.6 Å². The van der Waals surface area contributed by atoms with Gasteiger partial charge in [0.15, 0.2) is 0 Å². The molecule has 2 nitrogen and oxygen atoms in total. The summed E-state index contributed by atoms with van der Waals surface area (Å²) in [6.45, 7) is 8.23. The minimum Gasteiger partial charge on any atom is -0.317 e. The molecule has 1 aliphatic heterocycles. The third-order valence-electron chi connectivity index (χ3n) is 2.98. The van der Waals surface area contributed by atoms with Crippen LogP contribution in [0.4, 0.5) is 0 Å². The summed E-state index contributed by atoms with van der Waals surface area (Å²) in [5.41, 5.74) is 0. The van der Waals surface area contributed by atoms with Crippen LogP contribution in [0.1, 0.15) is 46.0 Å². The molecule has 0 aromatic carbocycles. The fourth-order valence-corrected chi connectivity index (χ4v) is 2.01. The maximum Gasteiger partial charge on any atom is 0.00912 e. The number of hydrogen-bond acceptors (Lipinski definition) is 2. The van der Waals surface area contributed by atoms with Gasteiger partial charge in [-0.3, -0.25) is 0 Å². The van der Waals surface area contributed by atoms with Crippen LogP contribution >= 0.6 is 0 Å². The molecule has 0 aliphatic carbocycles. The number of piperidine rings is 1. The van der Waals surface area contributed by atoms with Gasteiger partial charge in [-0.15, -0.1) is 0 Å². The molecule has 0 saturated carbocycles. The zero-order chi connectivity index (χ0) is 10.2. The Morgan fingerprint density at radius 1 is 1.21 bits per heavy atom. The van der Waals surface area contributed by atoms with E-state index >= 15 is 0 Å². The number of unbranched alkanes of at least 4 members (excludes halogenated alkanes) is 1. The van der Waals surface area contributed by atoms with Gasteiger partial charge in [-0.05, 0) is 44.8 Å². The van der Waals surface area contributed by atoms with Crippen molar-refractivity contribution >= 4 is 0 Å². The van der Waals surface area contributed by atoms with Crippen molar-refractivity contribution in [3.8, 4) is 0 Å². The van der Waals surface area contributed by atoms with Crippen molar-refractivity contribution in [1.82, 2.24) is 10.6 Å². The second-order valence-corrected chi connectivity index (χ2v) is 4.87. The molecule has 0 spiro atoms. The van der Waals surface area contributed by atoms with Crippen LogP contribution in [0.25, 0.3) is 0 Å². The maximum atomic E-state index is 3.66. The van der Waals surface area contributed by atoms with Gasteiger partial charge in [0, 0.05) is 6.04 Å². The zero-order valence-electron chi connectivity index (χ0n) is 9.81. The molecule has 0 atom stereocenters. The lowest BCUT2D eigenvalue weighted by molar-refractivity contribution is 0.381. The average Bonchev–Trinajstić information content (AvgIpc) is 2.18. The van der Waals surface area contributed by atoms with Gasteiger partial charge in [0.2, 0.25) is 0 Å². The minimum absolute atomic E-state index is 0.787. The van der Waals surface area contributed by atoms with E-state index in [1.807, 2.05) is 0 Å². The highest BCUT2D eigenvalue weighted by molar-refractivity contribution is 4.73. The van der Waals surface area contributed by atoms with E-state index < -0.39 is 0 Å². The summed E-state index contributed by atoms with van der Waals surface area (Å²) in [5, 5.41) is 7.05. The van der Waals surface area contributed by atoms with E-state index in [2.05, 4.69) is 24.5 Å². The lowest BCUT2D eigenvalue weighted by atomic mass is 10.0. The van der Waals surface area contributed by atoms with E-state index in [-0.39, 0.29) is 0 Å². The Kier molecular flexibility index (Phi) is 6.20. The zero-order valence-corrected chi connectivity index (χ0v) is 9.81. The fourth-order valence-electron chi connectivity index (χ4n) is 2.01. The van der Waals surface area contributed by atoms with Crippen molar-refractivity contribution in [3.63, 3.8) is 0 Å². The summed E-state index contributed by atoms with van der Waals surface area (Å²) >= 11 is 0. The molecule has 0 unspecified atom stereocenters. The van der Waals surface area contributed by atoms with Gasteiger partial charge in [0.1, 0.15) is 0 Å². The van der Waals surface area contributed by atoms with Crippen molar-refractivity contribution in [1.29, 1.82) is 0 Å². The Hall–Kier alpha value is -0.0800. The fraction of sp³-hybridized carbons (Fsp3) is 1.00. The van der Waals surface area contributed by atoms with E-state index in [4.69, 9.17) is 0 Å². The topological polar surface area (TPSA) is 24.1 Å². The summed E-state index contributed by atoms with van der Waals surface area (Å²) in [7, 11) is 0. The lowest BCUT2D eigenvalue weighted by Gasteiger charge is -2.23. The van der Waals surface area contributed by atoms with Crippen molar-refractivity contribution < 1.29 is 0 Å². The van der Waals surface area contributed by atoms with Gasteiger partial charge in [0.05, 0.1) is 0 Å². The third kappa shape index (κ3) is 5.61. The minimum atomic E-state index is 0.787. The summed E-state index contributed by atoms with van der Waals surface area (Å²) in [5.74, 6) is 0.869. The maximum absolute atomic E-state index is 3.66. The van der Waals surface area contributed by atoms with Gasteiger partial charge < -0.3 is 10.6 Å². The first-order chi connectivity index (χ1) is 6.79. The van der Waals surface area contributed by atoms with Crippen molar-refractivity contribution in [2.75, 3.05) is 19.6 Å². The average molecular weight is 198 g/mol. The lowest BCUT2D eigenvalue weighted by Crippen LogP contribution is -2.40. The molecular weight excluding hydrogens is 172 g/mol. The van der Waals surface area contributed by atoms with E-state index in [0.717, 1.165) is 12.0 Å². The standard InChI is InChI=1S/C12H26N2/c1-11(2)5-3-4-8-14-12-6-9-13-10-7-12/h11-14H,3-10H2,1-2H3. The Morgan fingerprint density at radius 3 is 2.57 bits per heavy atom. The molecule has 1 fully saturated rings. The first-order valence-electron chi connectivity index (χ1n) is 6.23. The van der Waals surface area contributed by atoms with Crippen molar-refractivity contribution in [3.05, 3.63) is 0 Å². The molecule has 1 saturated heterocycles. The number of hydrogen-bond donors (Lipinski definition) is 2. The summed E-state index contributed by atoms with van der Waals surface area (Å²) in [4.78, 5) is 0. The molecule has 2 heteroatoms. The van der Waals surface area contributed by atoms with Gasteiger partial charge >= 0.3 is 0 Å². The van der Waals surface area contributed by atoms with Crippen molar-refractivity contribution in [2.24, 2.45) is 5.92 Å². The van der Waals surface area contributed by atoms with Gasteiger partial charge in [-0.25, -0.2) is 0 Å². The molecule has 0 aromatic rings. The highest BCUT2D eigenvalue weighted by Gasteiger charge is 2.10. The van der Waals surface area contributed by atoms with Crippen LogP contribution in [0.2, 0.25) is 0 Å². The highest BCUT2D eigenvalue weighted by Crippen LogP contribution is 2.06. The quantitative estimate of drug-likeness (QED) is 0.639. The molecule has 1 rings (SSSR count). The van der Waals surface area contributed by atoms with Crippen LogP contribution in [-0.4, -0.2) is 25.7 Å². The Balaban J connectivity index is 1.87. The summed E-state index contributed by atoms with van der Waals surface area (Å²) in [6.07, 6.45) is 6.74. The molecule has 2 N–H and O–H groups in total. The van der Waals surface area contributed by atoms with Crippen LogP contribution in [0.5, 0.6) is 0 Å². The molecular formula is C12H26N2. The van der Waals surface area contributed by atoms with E-state index in [0.29, 0.717) is 0 Å². The molecule has 14 heavy (non-hydrogen) atoms. The van der Waals surface area contributed by atoms with Crippen molar-refractivity contribution in [2.45, 2.75) is 52.0 Å². The van der Waals surface area contributed by atoms with Crippen LogP contribution in [0.15, 0.2) is 0 Å². The Labute approximate surface area is 88.8 Å². The molecule has 84 valence electrons. The summed E-state index contributed by atoms with van der Waals surface area (Å²) in [6, 6.07) is 0.787. The Bertz CT molecular complexity index is 128. The SMILES string of the molecule is CC(C)CCCCNC1CCNCC1. The summed E-state index contributed by atoms with van der Waals surface area (Å²) < 4.78 is 0. The third-order valence-corrected chi connectivity index (χ3v) is 2.98. The molecule has 0 bridgehead atoms. The van der Waals surface area contributed by atoms with Crippen LogP contribution in [-0.2, 0) is 0 Å². The number of nitrogens with one attached hydrogen (secondary N) is 2. The van der Waals surface area contributed by atoms with Crippen LogP contribution in [0, 0.1) is 5.92 Å². The van der Waals surface area contributed by atoms with E-state index in [1.54, 1.807) is 0 Å². The molecule has 0 radical (unpaired) electrons. The Morgan fingerprint density at radius 2 is 1.93 bits per heavy atom. The van der Waals surface area contributed by atoms with Gasteiger partial charge in [-0.2, -0.15) is 0 Å². The first-order valence-corrected chi connectivity index (χ1v) is 6.23. The van der Waals surface area contributed by atoms with Gasteiger partial charge in [-0.1, -0.05) is 26.7 Å². The molecule has 1 aliphatic rings. The van der Waals surface area contributed by atoms with Gasteiger partial charge in [0.25, 0.3) is 0 Å². The smallest absolute Gasteiger partial charge is 0.00912 e. The second kappa shape index (κ2) is 7.24. The predicted molar refractivity (Wildman–Crippen MR) is 62.6 cm³/mol. The number of rotatable bonds is 6. The highest BCUT2D eigenvalue weighted by atomic mass is 15.0. The largest absolute Gasteiger partial charge is 0.317 e. The predicted octanol–water partition coefficient (Wildman–Crippen LogP) is 2.15. The molecule has 0 aromatic heterocycles. The first kappa shape index (κ1) is 12.0. The van der Waals surface area contributed by atoms with E-state index in [9.17, 15) is 0 Å². The second-order valence-electron chi connectivity index (χ2n) is 4.87. The monoisotopic (exact) mass is 198 g/mol. The van der Waals surface area contributed by atoms with E-state index in [1.165, 1.54) is 51.7 Å². The molecule has 1 heterocycles. The van der Waals surface area contributed by atoms with Crippen LogP contribution in [0.3, 0.4) is 0 Å². The molecule has 0 amide bonds. The normalized spacial score (nSPS) is 19.1.